The first-order valence-electron chi connectivity index (χ1n) is 6.24. The average Bonchev–Trinajstić information content (AvgIpc) is 2.82. The van der Waals surface area contributed by atoms with E-state index in [4.69, 9.17) is 23.2 Å². The molecule has 0 spiro atoms. The van der Waals surface area contributed by atoms with Crippen LogP contribution in [0.1, 0.15) is 30.1 Å². The van der Waals surface area contributed by atoms with Gasteiger partial charge in [0, 0.05) is 18.7 Å². The van der Waals surface area contributed by atoms with E-state index in [2.05, 4.69) is 4.98 Å². The first kappa shape index (κ1) is 15.1. The Morgan fingerprint density at radius 1 is 1.40 bits per heavy atom. The number of pyridine rings is 1. The minimum Gasteiger partial charge on any atom is -0.481 e. The smallest absolute Gasteiger partial charge is 0.311 e. The molecule has 1 unspecified atom stereocenters. The van der Waals surface area contributed by atoms with E-state index < -0.39 is 11.4 Å². The third-order valence-electron chi connectivity index (χ3n) is 3.78. The van der Waals surface area contributed by atoms with Gasteiger partial charge < -0.3 is 10.0 Å². The van der Waals surface area contributed by atoms with Crippen LogP contribution in [0.5, 0.6) is 0 Å². The molecular formula is C13H14Cl2N2O3. The van der Waals surface area contributed by atoms with Crippen LogP contribution in [0.3, 0.4) is 0 Å². The molecule has 2 rings (SSSR count). The van der Waals surface area contributed by atoms with Gasteiger partial charge in [0.15, 0.2) is 0 Å². The summed E-state index contributed by atoms with van der Waals surface area (Å²) in [5.41, 5.74) is -0.525. The van der Waals surface area contributed by atoms with Crippen molar-refractivity contribution in [1.82, 2.24) is 9.88 Å². The number of hydrogen-bond acceptors (Lipinski definition) is 3. The lowest BCUT2D eigenvalue weighted by atomic mass is 9.84. The molecule has 5 nitrogen and oxygen atoms in total. The van der Waals surface area contributed by atoms with Crippen LogP contribution in [0.2, 0.25) is 10.3 Å². The highest BCUT2D eigenvalue weighted by molar-refractivity contribution is 6.33. The first-order valence-corrected chi connectivity index (χ1v) is 6.99. The zero-order valence-electron chi connectivity index (χ0n) is 10.9. The molecular weight excluding hydrogens is 303 g/mol. The lowest BCUT2D eigenvalue weighted by Gasteiger charge is -2.23. The van der Waals surface area contributed by atoms with Crippen molar-refractivity contribution in [3.63, 3.8) is 0 Å². The van der Waals surface area contributed by atoms with Gasteiger partial charge in [-0.1, -0.05) is 30.1 Å². The van der Waals surface area contributed by atoms with Crippen molar-refractivity contribution in [3.05, 3.63) is 28.0 Å². The summed E-state index contributed by atoms with van der Waals surface area (Å²) in [5.74, 6) is -1.13. The maximum absolute atomic E-state index is 12.4. The number of halogens is 2. The second kappa shape index (κ2) is 5.58. The molecule has 108 valence electrons. The van der Waals surface area contributed by atoms with Gasteiger partial charge in [-0.25, -0.2) is 4.98 Å². The fourth-order valence-corrected chi connectivity index (χ4v) is 2.89. The SMILES string of the molecule is CCC1(C(=O)O)CCN(C(=O)c2cc(Cl)nc(Cl)c2)C1. The van der Waals surface area contributed by atoms with Crippen molar-refractivity contribution in [3.8, 4) is 0 Å². The Morgan fingerprint density at radius 2 is 2.00 bits per heavy atom. The lowest BCUT2D eigenvalue weighted by Crippen LogP contribution is -2.36. The van der Waals surface area contributed by atoms with Crippen LogP contribution < -0.4 is 0 Å². The van der Waals surface area contributed by atoms with Gasteiger partial charge in [-0.05, 0) is 25.0 Å². The molecule has 0 aliphatic carbocycles. The van der Waals surface area contributed by atoms with Crippen molar-refractivity contribution in [2.75, 3.05) is 13.1 Å². The van der Waals surface area contributed by atoms with Crippen LogP contribution in [-0.2, 0) is 4.79 Å². The molecule has 0 saturated carbocycles. The largest absolute Gasteiger partial charge is 0.481 e. The number of carboxylic acids is 1. The van der Waals surface area contributed by atoms with E-state index in [-0.39, 0.29) is 22.8 Å². The molecule has 7 heteroatoms. The zero-order chi connectivity index (χ0) is 14.9. The predicted molar refractivity (Wildman–Crippen MR) is 75.1 cm³/mol. The molecule has 0 bridgehead atoms. The van der Waals surface area contributed by atoms with Crippen LogP contribution in [0, 0.1) is 5.41 Å². The molecule has 20 heavy (non-hydrogen) atoms. The second-order valence-electron chi connectivity index (χ2n) is 4.92. The van der Waals surface area contributed by atoms with Crippen LogP contribution in [-0.4, -0.2) is 40.0 Å². The third kappa shape index (κ3) is 2.74. The van der Waals surface area contributed by atoms with Crippen molar-refractivity contribution >= 4 is 35.1 Å². The normalized spacial score (nSPS) is 22.1. The molecule has 2 heterocycles. The van der Waals surface area contributed by atoms with E-state index in [9.17, 15) is 14.7 Å². The van der Waals surface area contributed by atoms with Gasteiger partial charge in [0.05, 0.1) is 5.41 Å². The van der Waals surface area contributed by atoms with E-state index in [1.807, 2.05) is 6.92 Å². The quantitative estimate of drug-likeness (QED) is 0.870. The summed E-state index contributed by atoms with van der Waals surface area (Å²) >= 11 is 11.5. The summed E-state index contributed by atoms with van der Waals surface area (Å²) < 4.78 is 0. The second-order valence-corrected chi connectivity index (χ2v) is 5.69. The summed E-state index contributed by atoms with van der Waals surface area (Å²) in [7, 11) is 0. The van der Waals surface area contributed by atoms with Gasteiger partial charge in [-0.2, -0.15) is 0 Å². The number of carboxylic acid groups (broad SMARTS) is 1. The topological polar surface area (TPSA) is 70.5 Å². The molecule has 1 amide bonds. The Labute approximate surface area is 126 Å². The molecule has 1 aliphatic heterocycles. The van der Waals surface area contributed by atoms with Crippen LogP contribution in [0.4, 0.5) is 0 Å². The van der Waals surface area contributed by atoms with Gasteiger partial charge in [0.2, 0.25) is 0 Å². The van der Waals surface area contributed by atoms with Gasteiger partial charge in [-0.3, -0.25) is 9.59 Å². The van der Waals surface area contributed by atoms with Crippen molar-refractivity contribution in [1.29, 1.82) is 0 Å². The molecule has 1 fully saturated rings. The predicted octanol–water partition coefficient (Wildman–Crippen LogP) is 2.72. The molecule has 0 radical (unpaired) electrons. The fraction of sp³-hybridized carbons (Fsp3) is 0.462. The van der Waals surface area contributed by atoms with Gasteiger partial charge >= 0.3 is 5.97 Å². The number of aliphatic carboxylic acids is 1. The van der Waals surface area contributed by atoms with Crippen LogP contribution in [0.15, 0.2) is 12.1 Å². The van der Waals surface area contributed by atoms with Gasteiger partial charge in [0.1, 0.15) is 10.3 Å². The van der Waals surface area contributed by atoms with E-state index in [0.717, 1.165) is 0 Å². The van der Waals surface area contributed by atoms with E-state index >= 15 is 0 Å². The Kier molecular flexibility index (Phi) is 4.20. The highest BCUT2D eigenvalue weighted by Crippen LogP contribution is 2.35. The molecule has 1 saturated heterocycles. The molecule has 1 N–H and O–H groups in total. The summed E-state index contributed by atoms with van der Waals surface area (Å²) in [4.78, 5) is 29.1. The summed E-state index contributed by atoms with van der Waals surface area (Å²) in [6.45, 7) is 2.44. The molecule has 1 atom stereocenters. The molecule has 1 aliphatic rings. The maximum Gasteiger partial charge on any atom is 0.311 e. The lowest BCUT2D eigenvalue weighted by molar-refractivity contribution is -0.148. The highest BCUT2D eigenvalue weighted by Gasteiger charge is 2.44. The van der Waals surface area contributed by atoms with E-state index in [1.54, 1.807) is 0 Å². The summed E-state index contributed by atoms with van der Waals surface area (Å²) in [5, 5.41) is 9.61. The molecule has 1 aromatic rings. The average molecular weight is 317 g/mol. The monoisotopic (exact) mass is 316 g/mol. The van der Waals surface area contributed by atoms with Crippen molar-refractivity contribution < 1.29 is 14.7 Å². The summed E-state index contributed by atoms with van der Waals surface area (Å²) in [6.07, 6.45) is 0.946. The minimum absolute atomic E-state index is 0.139. The molecule has 1 aromatic heterocycles. The summed E-state index contributed by atoms with van der Waals surface area (Å²) in [6, 6.07) is 2.87. The molecule has 0 aromatic carbocycles. The number of rotatable bonds is 3. The number of aromatic nitrogens is 1. The third-order valence-corrected chi connectivity index (χ3v) is 4.17. The number of likely N-dealkylation sites (tertiary alicyclic amines) is 1. The Hall–Kier alpha value is -1.33. The Bertz CT molecular complexity index is 544. The maximum atomic E-state index is 12.4. The van der Waals surface area contributed by atoms with Gasteiger partial charge in [0.25, 0.3) is 5.91 Å². The standard InChI is InChI=1S/C13H14Cl2N2O3/c1-2-13(12(19)20)3-4-17(7-13)11(18)8-5-9(14)16-10(15)6-8/h5-6H,2-4,7H2,1H3,(H,19,20). The van der Waals surface area contributed by atoms with Crippen LogP contribution in [0.25, 0.3) is 0 Å². The first-order chi connectivity index (χ1) is 9.38. The van der Waals surface area contributed by atoms with Crippen molar-refractivity contribution in [2.24, 2.45) is 5.41 Å². The Balaban J connectivity index is 2.21. The Morgan fingerprint density at radius 3 is 2.45 bits per heavy atom. The van der Waals surface area contributed by atoms with E-state index in [1.165, 1.54) is 17.0 Å². The minimum atomic E-state index is -0.860. The number of hydrogen-bond donors (Lipinski definition) is 1. The van der Waals surface area contributed by atoms with E-state index in [0.29, 0.717) is 24.9 Å². The number of carbonyl (C=O) groups is 2. The number of carbonyl (C=O) groups excluding carboxylic acids is 1. The highest BCUT2D eigenvalue weighted by atomic mass is 35.5. The van der Waals surface area contributed by atoms with Crippen molar-refractivity contribution in [2.45, 2.75) is 19.8 Å². The van der Waals surface area contributed by atoms with Gasteiger partial charge in [-0.15, -0.1) is 0 Å². The number of amides is 1. The zero-order valence-corrected chi connectivity index (χ0v) is 12.4. The van der Waals surface area contributed by atoms with Crippen LogP contribution >= 0.6 is 23.2 Å². The number of nitrogens with zero attached hydrogens (tertiary/aromatic N) is 2. The fourth-order valence-electron chi connectivity index (χ4n) is 2.43.